The Hall–Kier alpha value is -2.21. The van der Waals surface area contributed by atoms with Crippen LogP contribution in [0.4, 0.5) is 5.82 Å². The zero-order chi connectivity index (χ0) is 14.2. The molecule has 0 unspecified atom stereocenters. The van der Waals surface area contributed by atoms with Gasteiger partial charge in [0, 0.05) is 5.39 Å². The molecule has 0 spiro atoms. The second kappa shape index (κ2) is 4.72. The largest absolute Gasteiger partial charge is 0.475 e. The van der Waals surface area contributed by atoms with Crippen LogP contribution in [0.5, 0.6) is 0 Å². The van der Waals surface area contributed by atoms with Gasteiger partial charge in [0.2, 0.25) is 5.82 Å². The average Bonchev–Trinajstić information content (AvgIpc) is 2.42. The molecule has 3 rings (SSSR count). The van der Waals surface area contributed by atoms with Gasteiger partial charge in [-0.15, -0.1) is 0 Å². The van der Waals surface area contributed by atoms with Crippen molar-refractivity contribution in [3.05, 3.63) is 30.1 Å². The van der Waals surface area contributed by atoms with E-state index in [9.17, 15) is 9.90 Å². The van der Waals surface area contributed by atoms with E-state index in [1.807, 2.05) is 12.1 Å². The summed E-state index contributed by atoms with van der Waals surface area (Å²) >= 11 is 0. The van der Waals surface area contributed by atoms with Crippen molar-refractivity contribution in [2.45, 2.75) is 24.8 Å². The van der Waals surface area contributed by atoms with Crippen molar-refractivity contribution >= 4 is 22.7 Å². The third-order valence-electron chi connectivity index (χ3n) is 3.79. The van der Waals surface area contributed by atoms with Crippen LogP contribution in [0.2, 0.25) is 0 Å². The number of nitrogens with one attached hydrogen (secondary N) is 1. The molecule has 3 N–H and O–H groups in total. The molecular weight excluding hydrogens is 258 g/mol. The molecule has 1 aromatic carbocycles. The number of carboxylic acid groups (broad SMARTS) is 1. The number of nitrogens with zero attached hydrogens (tertiary/aromatic N) is 2. The van der Waals surface area contributed by atoms with Crippen LogP contribution in [0.15, 0.2) is 24.3 Å². The third kappa shape index (κ3) is 2.08. The van der Waals surface area contributed by atoms with E-state index in [1.54, 1.807) is 12.1 Å². The van der Waals surface area contributed by atoms with Gasteiger partial charge in [-0.25, -0.2) is 14.8 Å². The van der Waals surface area contributed by atoms with Crippen molar-refractivity contribution in [1.82, 2.24) is 9.97 Å². The van der Waals surface area contributed by atoms with E-state index in [4.69, 9.17) is 5.11 Å². The normalized spacial score (nSPS) is 16.6. The van der Waals surface area contributed by atoms with E-state index in [2.05, 4.69) is 15.3 Å². The molecule has 0 amide bonds. The number of carbonyl (C=O) groups is 1. The first-order valence-electron chi connectivity index (χ1n) is 6.53. The van der Waals surface area contributed by atoms with Crippen molar-refractivity contribution in [3.8, 4) is 0 Å². The monoisotopic (exact) mass is 273 g/mol. The van der Waals surface area contributed by atoms with E-state index < -0.39 is 5.97 Å². The Kier molecular flexibility index (Phi) is 3.02. The summed E-state index contributed by atoms with van der Waals surface area (Å²) in [5.41, 5.74) is 0.196. The topological polar surface area (TPSA) is 95.3 Å². The van der Waals surface area contributed by atoms with Crippen molar-refractivity contribution in [3.63, 3.8) is 0 Å². The summed E-state index contributed by atoms with van der Waals surface area (Å²) in [4.78, 5) is 19.2. The molecule has 1 aromatic heterocycles. The summed E-state index contributed by atoms with van der Waals surface area (Å²) in [6.45, 7) is 0.00767. The summed E-state index contributed by atoms with van der Waals surface area (Å²) < 4.78 is 0. The van der Waals surface area contributed by atoms with Crippen LogP contribution < -0.4 is 5.32 Å². The summed E-state index contributed by atoms with van der Waals surface area (Å²) in [5, 5.41) is 22.6. The lowest BCUT2D eigenvalue weighted by Gasteiger charge is -2.41. The lowest BCUT2D eigenvalue weighted by atomic mass is 9.77. The minimum absolute atomic E-state index is 0.00767. The van der Waals surface area contributed by atoms with E-state index in [1.165, 1.54) is 0 Å². The van der Waals surface area contributed by atoms with Gasteiger partial charge >= 0.3 is 5.97 Å². The van der Waals surface area contributed by atoms with Gasteiger partial charge in [-0.2, -0.15) is 0 Å². The van der Waals surface area contributed by atoms with Crippen LogP contribution in [0.25, 0.3) is 10.9 Å². The lowest BCUT2D eigenvalue weighted by Crippen LogP contribution is -2.48. The maximum absolute atomic E-state index is 11.1. The van der Waals surface area contributed by atoms with E-state index in [-0.39, 0.29) is 18.0 Å². The minimum atomic E-state index is -1.16. The van der Waals surface area contributed by atoms with Crippen LogP contribution >= 0.6 is 0 Å². The zero-order valence-corrected chi connectivity index (χ0v) is 10.8. The number of anilines is 1. The van der Waals surface area contributed by atoms with Gasteiger partial charge in [-0.3, -0.25) is 0 Å². The highest BCUT2D eigenvalue weighted by atomic mass is 16.4. The Bertz CT molecular complexity index is 662. The van der Waals surface area contributed by atoms with Gasteiger partial charge < -0.3 is 15.5 Å². The fraction of sp³-hybridized carbons (Fsp3) is 0.357. The first-order chi connectivity index (χ1) is 9.63. The maximum atomic E-state index is 11.1. The van der Waals surface area contributed by atoms with Crippen molar-refractivity contribution < 1.29 is 15.0 Å². The number of hydrogen-bond donors (Lipinski definition) is 3. The highest BCUT2D eigenvalue weighted by Crippen LogP contribution is 2.36. The zero-order valence-electron chi connectivity index (χ0n) is 10.8. The molecule has 0 bridgehead atoms. The molecule has 6 nitrogen and oxygen atoms in total. The SMILES string of the molecule is O=C(O)c1nc(NC2(CO)CCC2)c2ccccc2n1. The fourth-order valence-corrected chi connectivity index (χ4v) is 2.44. The molecule has 1 fully saturated rings. The number of rotatable bonds is 4. The molecule has 0 aliphatic heterocycles. The molecule has 104 valence electrons. The standard InChI is InChI=1S/C14H15N3O3/c18-8-14(6-3-7-14)17-11-9-4-1-2-5-10(9)15-12(16-11)13(19)20/h1-2,4-5,18H,3,6-8H2,(H,19,20)(H,15,16,17). The number of aromatic carboxylic acids is 1. The molecule has 0 atom stereocenters. The quantitative estimate of drug-likeness (QED) is 0.784. The minimum Gasteiger partial charge on any atom is -0.475 e. The average molecular weight is 273 g/mol. The molecule has 0 saturated heterocycles. The molecule has 6 heteroatoms. The molecule has 20 heavy (non-hydrogen) atoms. The molecule has 0 radical (unpaired) electrons. The molecule has 1 heterocycles. The van der Waals surface area contributed by atoms with Gasteiger partial charge in [0.25, 0.3) is 0 Å². The second-order valence-electron chi connectivity index (χ2n) is 5.14. The van der Waals surface area contributed by atoms with Gasteiger partial charge in [0.05, 0.1) is 17.7 Å². The third-order valence-corrected chi connectivity index (χ3v) is 3.79. The smallest absolute Gasteiger partial charge is 0.374 e. The maximum Gasteiger partial charge on any atom is 0.374 e. The van der Waals surface area contributed by atoms with Gasteiger partial charge in [-0.05, 0) is 31.4 Å². The first-order valence-corrected chi connectivity index (χ1v) is 6.53. The summed E-state index contributed by atoms with van der Waals surface area (Å²) in [6.07, 6.45) is 2.75. The van der Waals surface area contributed by atoms with E-state index in [0.29, 0.717) is 11.3 Å². The lowest BCUT2D eigenvalue weighted by molar-refractivity contribution is 0.0684. The summed E-state index contributed by atoms with van der Waals surface area (Å²) in [7, 11) is 0. The molecular formula is C14H15N3O3. The highest BCUT2D eigenvalue weighted by molar-refractivity contribution is 5.93. The Morgan fingerprint density at radius 3 is 2.65 bits per heavy atom. The molecule has 1 saturated carbocycles. The number of aliphatic hydroxyl groups excluding tert-OH is 1. The number of aromatic nitrogens is 2. The molecule has 1 aliphatic rings. The molecule has 2 aromatic rings. The Balaban J connectivity index is 2.10. The predicted octanol–water partition coefficient (Wildman–Crippen LogP) is 1.65. The number of para-hydroxylation sites is 1. The summed E-state index contributed by atoms with van der Waals surface area (Å²) in [6, 6.07) is 7.24. The summed E-state index contributed by atoms with van der Waals surface area (Å²) in [5.74, 6) is -0.925. The Morgan fingerprint density at radius 2 is 2.05 bits per heavy atom. The van der Waals surface area contributed by atoms with Crippen LogP contribution in [-0.2, 0) is 0 Å². The second-order valence-corrected chi connectivity index (χ2v) is 5.14. The van der Waals surface area contributed by atoms with Gasteiger partial charge in [0.1, 0.15) is 5.82 Å². The number of hydrogen-bond acceptors (Lipinski definition) is 5. The van der Waals surface area contributed by atoms with E-state index >= 15 is 0 Å². The Labute approximate surface area is 115 Å². The van der Waals surface area contributed by atoms with Crippen molar-refractivity contribution in [2.24, 2.45) is 0 Å². The predicted molar refractivity (Wildman–Crippen MR) is 73.8 cm³/mol. The molecule has 1 aliphatic carbocycles. The highest BCUT2D eigenvalue weighted by Gasteiger charge is 2.37. The first kappa shape index (κ1) is 12.8. The van der Waals surface area contributed by atoms with Crippen molar-refractivity contribution in [2.75, 3.05) is 11.9 Å². The number of aliphatic hydroxyl groups is 1. The van der Waals surface area contributed by atoms with Crippen LogP contribution in [-0.4, -0.2) is 38.3 Å². The number of fused-ring (bicyclic) bond motifs is 1. The van der Waals surface area contributed by atoms with Crippen LogP contribution in [0, 0.1) is 0 Å². The van der Waals surface area contributed by atoms with Crippen LogP contribution in [0.3, 0.4) is 0 Å². The number of benzene rings is 1. The van der Waals surface area contributed by atoms with E-state index in [0.717, 1.165) is 24.6 Å². The van der Waals surface area contributed by atoms with Gasteiger partial charge in [-0.1, -0.05) is 12.1 Å². The fourth-order valence-electron chi connectivity index (χ4n) is 2.44. The van der Waals surface area contributed by atoms with Crippen molar-refractivity contribution in [1.29, 1.82) is 0 Å². The van der Waals surface area contributed by atoms with Crippen LogP contribution in [0.1, 0.15) is 29.9 Å². The Morgan fingerprint density at radius 1 is 1.30 bits per heavy atom. The number of carboxylic acids is 1. The van der Waals surface area contributed by atoms with Gasteiger partial charge in [0.15, 0.2) is 0 Å².